The fraction of sp³-hybridized carbons (Fsp3) is 0.667. The first-order chi connectivity index (χ1) is 10.8. The molecule has 2 fully saturated rings. The lowest BCUT2D eigenvalue weighted by molar-refractivity contribution is 0.0322. The number of nitrogens with zero attached hydrogens (tertiary/aromatic N) is 3. The Kier molecular flexibility index (Phi) is 5.89. The van der Waals surface area contributed by atoms with Crippen LogP contribution >= 0.6 is 15.9 Å². The van der Waals surface area contributed by atoms with E-state index in [1.807, 2.05) is 12.3 Å². The van der Waals surface area contributed by atoms with Crippen molar-refractivity contribution >= 4 is 21.7 Å². The Hall–Kier alpha value is -0.890. The highest BCUT2D eigenvalue weighted by atomic mass is 79.9. The number of morpholine rings is 2. The minimum atomic E-state index is 0.662. The average Bonchev–Trinajstić information content (AvgIpc) is 2.57. The zero-order chi connectivity index (χ0) is 15.2. The molecule has 0 amide bonds. The highest BCUT2D eigenvalue weighted by molar-refractivity contribution is 9.10. The predicted molar refractivity (Wildman–Crippen MR) is 87.7 cm³/mol. The Morgan fingerprint density at radius 2 is 1.77 bits per heavy atom. The Labute approximate surface area is 139 Å². The molecule has 122 valence electrons. The largest absolute Gasteiger partial charge is 0.488 e. The highest BCUT2D eigenvalue weighted by Gasteiger charge is 2.18. The third-order valence-corrected chi connectivity index (χ3v) is 4.31. The summed E-state index contributed by atoms with van der Waals surface area (Å²) < 4.78 is 17.7. The van der Waals surface area contributed by atoms with E-state index in [-0.39, 0.29) is 0 Å². The summed E-state index contributed by atoms with van der Waals surface area (Å²) in [5.74, 6) is 1.75. The maximum absolute atomic E-state index is 6.02. The molecular weight excluding hydrogens is 350 g/mol. The Balaban J connectivity index is 1.59. The van der Waals surface area contributed by atoms with E-state index < -0.39 is 0 Å². The van der Waals surface area contributed by atoms with Crippen LogP contribution in [0.2, 0.25) is 0 Å². The Morgan fingerprint density at radius 3 is 2.50 bits per heavy atom. The molecule has 0 spiro atoms. The van der Waals surface area contributed by atoms with Gasteiger partial charge in [-0.15, -0.1) is 0 Å². The van der Waals surface area contributed by atoms with Crippen LogP contribution in [0.4, 0.5) is 5.82 Å². The fourth-order valence-electron chi connectivity index (χ4n) is 2.64. The van der Waals surface area contributed by atoms with Gasteiger partial charge in [0.15, 0.2) is 11.6 Å². The van der Waals surface area contributed by atoms with E-state index in [2.05, 4.69) is 30.7 Å². The van der Waals surface area contributed by atoms with Crippen molar-refractivity contribution in [3.63, 3.8) is 0 Å². The SMILES string of the molecule is Brc1cnc(N2CCOCC2)c(OCCN2CCOCC2)c1. The van der Waals surface area contributed by atoms with Crippen molar-refractivity contribution in [2.75, 3.05) is 70.7 Å². The minimum absolute atomic E-state index is 0.662. The molecule has 2 saturated heterocycles. The van der Waals surface area contributed by atoms with E-state index in [0.717, 1.165) is 75.2 Å². The summed E-state index contributed by atoms with van der Waals surface area (Å²) in [6, 6.07) is 2.00. The van der Waals surface area contributed by atoms with E-state index in [1.54, 1.807) is 0 Å². The second-order valence-corrected chi connectivity index (χ2v) is 6.29. The highest BCUT2D eigenvalue weighted by Crippen LogP contribution is 2.29. The third-order valence-electron chi connectivity index (χ3n) is 3.88. The summed E-state index contributed by atoms with van der Waals surface area (Å²) in [7, 11) is 0. The van der Waals surface area contributed by atoms with Crippen LogP contribution in [-0.4, -0.2) is 75.6 Å². The topological polar surface area (TPSA) is 47.1 Å². The van der Waals surface area contributed by atoms with Gasteiger partial charge in [-0.05, 0) is 22.0 Å². The van der Waals surface area contributed by atoms with E-state index in [4.69, 9.17) is 14.2 Å². The minimum Gasteiger partial charge on any atom is -0.488 e. The van der Waals surface area contributed by atoms with E-state index in [0.29, 0.717) is 6.61 Å². The van der Waals surface area contributed by atoms with Crippen LogP contribution in [-0.2, 0) is 9.47 Å². The Morgan fingerprint density at radius 1 is 1.09 bits per heavy atom. The molecule has 0 unspecified atom stereocenters. The zero-order valence-corrected chi connectivity index (χ0v) is 14.3. The zero-order valence-electron chi connectivity index (χ0n) is 12.7. The van der Waals surface area contributed by atoms with Gasteiger partial charge in [0, 0.05) is 43.4 Å². The molecule has 1 aromatic heterocycles. The first kappa shape index (κ1) is 16.0. The van der Waals surface area contributed by atoms with Crippen molar-refractivity contribution in [3.05, 3.63) is 16.7 Å². The summed E-state index contributed by atoms with van der Waals surface area (Å²) in [6.45, 7) is 8.37. The van der Waals surface area contributed by atoms with Gasteiger partial charge in [0.2, 0.25) is 0 Å². The molecule has 0 N–H and O–H groups in total. The molecule has 2 aliphatic heterocycles. The molecule has 0 aliphatic carbocycles. The van der Waals surface area contributed by atoms with Crippen LogP contribution in [0.5, 0.6) is 5.75 Å². The van der Waals surface area contributed by atoms with Crippen molar-refractivity contribution < 1.29 is 14.2 Å². The van der Waals surface area contributed by atoms with Crippen molar-refractivity contribution in [1.82, 2.24) is 9.88 Å². The van der Waals surface area contributed by atoms with Crippen LogP contribution in [0, 0.1) is 0 Å². The summed E-state index contributed by atoms with van der Waals surface area (Å²) in [6.07, 6.45) is 1.82. The van der Waals surface area contributed by atoms with Gasteiger partial charge in [-0.2, -0.15) is 0 Å². The first-order valence-corrected chi connectivity index (χ1v) is 8.53. The number of ether oxygens (including phenoxy) is 3. The molecule has 7 heteroatoms. The van der Waals surface area contributed by atoms with Crippen LogP contribution < -0.4 is 9.64 Å². The molecule has 3 rings (SSSR count). The van der Waals surface area contributed by atoms with Gasteiger partial charge < -0.3 is 19.1 Å². The number of pyridine rings is 1. The fourth-order valence-corrected chi connectivity index (χ4v) is 2.95. The molecule has 22 heavy (non-hydrogen) atoms. The van der Waals surface area contributed by atoms with E-state index in [9.17, 15) is 0 Å². The van der Waals surface area contributed by atoms with Crippen molar-refractivity contribution in [2.24, 2.45) is 0 Å². The normalized spacial score (nSPS) is 20.1. The van der Waals surface area contributed by atoms with Gasteiger partial charge in [0.25, 0.3) is 0 Å². The van der Waals surface area contributed by atoms with Gasteiger partial charge in [-0.1, -0.05) is 0 Å². The second-order valence-electron chi connectivity index (χ2n) is 5.38. The predicted octanol–water partition coefficient (Wildman–Crippen LogP) is 1.39. The lowest BCUT2D eigenvalue weighted by Crippen LogP contribution is -2.39. The molecule has 3 heterocycles. The molecule has 0 bridgehead atoms. The van der Waals surface area contributed by atoms with Gasteiger partial charge in [0.05, 0.1) is 26.4 Å². The quantitative estimate of drug-likeness (QED) is 0.779. The smallest absolute Gasteiger partial charge is 0.171 e. The number of hydrogen-bond donors (Lipinski definition) is 0. The first-order valence-electron chi connectivity index (χ1n) is 7.74. The third kappa shape index (κ3) is 4.32. The Bertz CT molecular complexity index is 477. The van der Waals surface area contributed by atoms with Gasteiger partial charge in [-0.25, -0.2) is 4.98 Å². The molecule has 0 aromatic carbocycles. The monoisotopic (exact) mass is 371 g/mol. The summed E-state index contributed by atoms with van der Waals surface area (Å²) in [5, 5.41) is 0. The van der Waals surface area contributed by atoms with E-state index >= 15 is 0 Å². The number of anilines is 1. The van der Waals surface area contributed by atoms with Crippen molar-refractivity contribution in [2.45, 2.75) is 0 Å². The number of hydrogen-bond acceptors (Lipinski definition) is 6. The molecule has 0 saturated carbocycles. The summed E-state index contributed by atoms with van der Waals surface area (Å²) in [5.41, 5.74) is 0. The van der Waals surface area contributed by atoms with Crippen LogP contribution in [0.1, 0.15) is 0 Å². The maximum Gasteiger partial charge on any atom is 0.171 e. The molecular formula is C15H22BrN3O3. The van der Waals surface area contributed by atoms with Gasteiger partial charge in [-0.3, -0.25) is 4.90 Å². The van der Waals surface area contributed by atoms with Gasteiger partial charge >= 0.3 is 0 Å². The number of aromatic nitrogens is 1. The molecule has 6 nitrogen and oxygen atoms in total. The van der Waals surface area contributed by atoms with E-state index in [1.165, 1.54) is 0 Å². The van der Waals surface area contributed by atoms with Crippen LogP contribution in [0.3, 0.4) is 0 Å². The lowest BCUT2D eigenvalue weighted by atomic mass is 10.3. The van der Waals surface area contributed by atoms with Crippen LogP contribution in [0.15, 0.2) is 16.7 Å². The molecule has 0 radical (unpaired) electrons. The summed E-state index contributed by atoms with van der Waals surface area (Å²) >= 11 is 3.48. The van der Waals surface area contributed by atoms with Crippen LogP contribution in [0.25, 0.3) is 0 Å². The summed E-state index contributed by atoms with van der Waals surface area (Å²) in [4.78, 5) is 9.12. The average molecular weight is 372 g/mol. The molecule has 2 aliphatic rings. The second kappa shape index (κ2) is 8.10. The lowest BCUT2D eigenvalue weighted by Gasteiger charge is -2.30. The number of rotatable bonds is 5. The maximum atomic E-state index is 6.02. The van der Waals surface area contributed by atoms with Crippen molar-refractivity contribution in [1.29, 1.82) is 0 Å². The standard InChI is InChI=1S/C15H22BrN3O3/c16-13-11-14(22-10-3-18-1-6-20-7-2-18)15(17-12-13)19-4-8-21-9-5-19/h11-12H,1-10H2. The molecule has 1 aromatic rings. The number of halogens is 1. The van der Waals surface area contributed by atoms with Gasteiger partial charge in [0.1, 0.15) is 6.61 Å². The molecule has 0 atom stereocenters. The van der Waals surface area contributed by atoms with Crippen molar-refractivity contribution in [3.8, 4) is 5.75 Å².